The van der Waals surface area contributed by atoms with Crippen molar-refractivity contribution in [1.29, 1.82) is 0 Å². The lowest BCUT2D eigenvalue weighted by atomic mass is 10.0. The smallest absolute Gasteiger partial charge is 0.144 e. The fourth-order valence-electron chi connectivity index (χ4n) is 1.75. The van der Waals surface area contributed by atoms with Crippen LogP contribution in [0.3, 0.4) is 0 Å². The molecule has 1 heterocycles. The van der Waals surface area contributed by atoms with Gasteiger partial charge in [-0.15, -0.1) is 0 Å². The number of rotatable bonds is 3. The van der Waals surface area contributed by atoms with Crippen LogP contribution in [0, 0.1) is 0 Å². The zero-order chi connectivity index (χ0) is 11.4. The standard InChI is InChI=1S/C11H20N2O2/c1-4-10(14)9-5-6-13(8(2)3)7-11(9)15-12/h4,8,14H,5-7,12H2,1-3H3/b10-4+. The molecule has 0 amide bonds. The Morgan fingerprint density at radius 3 is 2.73 bits per heavy atom. The van der Waals surface area contributed by atoms with E-state index in [1.54, 1.807) is 13.0 Å². The van der Waals surface area contributed by atoms with Crippen molar-refractivity contribution in [2.75, 3.05) is 13.1 Å². The first-order chi connectivity index (χ1) is 7.10. The number of hydrogen-bond donors (Lipinski definition) is 2. The fraction of sp³-hybridized carbons (Fsp3) is 0.636. The highest BCUT2D eigenvalue weighted by Crippen LogP contribution is 2.24. The molecule has 0 aliphatic carbocycles. The first-order valence-electron chi connectivity index (χ1n) is 5.28. The molecule has 0 saturated heterocycles. The zero-order valence-corrected chi connectivity index (χ0v) is 9.66. The molecule has 1 rings (SSSR count). The van der Waals surface area contributed by atoms with Gasteiger partial charge in [0.1, 0.15) is 11.5 Å². The van der Waals surface area contributed by atoms with E-state index in [1.807, 2.05) is 0 Å². The predicted octanol–water partition coefficient (Wildman–Crippen LogP) is 1.71. The van der Waals surface area contributed by atoms with Crippen LogP contribution < -0.4 is 5.90 Å². The molecular weight excluding hydrogens is 192 g/mol. The summed E-state index contributed by atoms with van der Waals surface area (Å²) in [7, 11) is 0. The van der Waals surface area contributed by atoms with Gasteiger partial charge >= 0.3 is 0 Å². The molecule has 1 aliphatic heterocycles. The summed E-state index contributed by atoms with van der Waals surface area (Å²) in [5.41, 5.74) is 0.830. The summed E-state index contributed by atoms with van der Waals surface area (Å²) in [6.45, 7) is 7.66. The van der Waals surface area contributed by atoms with E-state index < -0.39 is 0 Å². The number of aliphatic hydroxyl groups excluding tert-OH is 1. The Labute approximate surface area is 91.0 Å². The number of allylic oxidation sites excluding steroid dienone is 2. The Balaban J connectivity index is 2.86. The predicted molar refractivity (Wildman–Crippen MR) is 60.0 cm³/mol. The Bertz CT molecular complexity index is 282. The minimum Gasteiger partial charge on any atom is -0.508 e. The van der Waals surface area contributed by atoms with E-state index in [2.05, 4.69) is 18.7 Å². The Morgan fingerprint density at radius 2 is 2.27 bits per heavy atom. The van der Waals surface area contributed by atoms with E-state index in [4.69, 9.17) is 10.7 Å². The van der Waals surface area contributed by atoms with Gasteiger partial charge in [-0.3, -0.25) is 4.90 Å². The summed E-state index contributed by atoms with van der Waals surface area (Å²) >= 11 is 0. The SMILES string of the molecule is C/C=C(/O)C1=C(ON)CN(C(C)C)CC1. The van der Waals surface area contributed by atoms with Gasteiger partial charge in [0.05, 0.1) is 6.54 Å². The van der Waals surface area contributed by atoms with Crippen molar-refractivity contribution in [2.24, 2.45) is 5.90 Å². The van der Waals surface area contributed by atoms with Crippen molar-refractivity contribution < 1.29 is 9.94 Å². The quantitative estimate of drug-likeness (QED) is 0.552. The lowest BCUT2D eigenvalue weighted by Gasteiger charge is -2.32. The maximum absolute atomic E-state index is 9.66. The molecule has 0 fully saturated rings. The van der Waals surface area contributed by atoms with Crippen LogP contribution in [0.1, 0.15) is 27.2 Å². The van der Waals surface area contributed by atoms with E-state index in [9.17, 15) is 5.11 Å². The Kier molecular flexibility index (Phi) is 4.17. The van der Waals surface area contributed by atoms with Gasteiger partial charge in [0.25, 0.3) is 0 Å². The van der Waals surface area contributed by atoms with Crippen LogP contribution in [0.4, 0.5) is 0 Å². The highest BCUT2D eigenvalue weighted by Gasteiger charge is 2.23. The molecule has 0 aromatic heterocycles. The zero-order valence-electron chi connectivity index (χ0n) is 9.66. The highest BCUT2D eigenvalue weighted by molar-refractivity contribution is 5.30. The second-order valence-corrected chi connectivity index (χ2v) is 4.01. The van der Waals surface area contributed by atoms with Crippen molar-refractivity contribution in [3.63, 3.8) is 0 Å². The van der Waals surface area contributed by atoms with Crippen LogP contribution in [0.25, 0.3) is 0 Å². The highest BCUT2D eigenvalue weighted by atomic mass is 16.6. The lowest BCUT2D eigenvalue weighted by Crippen LogP contribution is -2.38. The van der Waals surface area contributed by atoms with Gasteiger partial charge in [-0.1, -0.05) is 0 Å². The molecule has 1 aliphatic rings. The summed E-state index contributed by atoms with van der Waals surface area (Å²) in [6.07, 6.45) is 2.44. The second-order valence-electron chi connectivity index (χ2n) is 4.01. The summed E-state index contributed by atoms with van der Waals surface area (Å²) in [5.74, 6) is 6.17. The molecule has 0 bridgehead atoms. The molecule has 0 saturated carbocycles. The molecule has 0 radical (unpaired) electrons. The molecule has 3 N–H and O–H groups in total. The van der Waals surface area contributed by atoms with Crippen LogP contribution in [0.5, 0.6) is 0 Å². The summed E-state index contributed by atoms with van der Waals surface area (Å²) < 4.78 is 0. The number of hydrogen-bond acceptors (Lipinski definition) is 4. The lowest BCUT2D eigenvalue weighted by molar-refractivity contribution is 0.136. The van der Waals surface area contributed by atoms with Crippen molar-refractivity contribution in [3.05, 3.63) is 23.2 Å². The molecule has 15 heavy (non-hydrogen) atoms. The summed E-state index contributed by atoms with van der Waals surface area (Å²) in [6, 6.07) is 0.462. The number of nitrogens with zero attached hydrogens (tertiary/aromatic N) is 1. The van der Waals surface area contributed by atoms with Crippen LogP contribution in [0.15, 0.2) is 23.2 Å². The van der Waals surface area contributed by atoms with Crippen LogP contribution in [-0.4, -0.2) is 29.1 Å². The van der Waals surface area contributed by atoms with Crippen LogP contribution in [0.2, 0.25) is 0 Å². The van der Waals surface area contributed by atoms with Gasteiger partial charge in [-0.2, -0.15) is 5.90 Å². The van der Waals surface area contributed by atoms with Crippen molar-refractivity contribution >= 4 is 0 Å². The fourth-order valence-corrected chi connectivity index (χ4v) is 1.75. The summed E-state index contributed by atoms with van der Waals surface area (Å²) in [5, 5.41) is 9.66. The minimum atomic E-state index is 0.277. The normalized spacial score (nSPS) is 19.9. The Hall–Kier alpha value is -1.00. The van der Waals surface area contributed by atoms with Crippen molar-refractivity contribution in [3.8, 4) is 0 Å². The third-order valence-electron chi connectivity index (χ3n) is 2.79. The van der Waals surface area contributed by atoms with Crippen molar-refractivity contribution in [2.45, 2.75) is 33.2 Å². The molecule has 0 aromatic rings. The molecule has 4 heteroatoms. The van der Waals surface area contributed by atoms with Crippen LogP contribution >= 0.6 is 0 Å². The third-order valence-corrected chi connectivity index (χ3v) is 2.79. The van der Waals surface area contributed by atoms with E-state index in [-0.39, 0.29) is 5.76 Å². The molecule has 0 aromatic carbocycles. The molecule has 0 spiro atoms. The van der Waals surface area contributed by atoms with E-state index >= 15 is 0 Å². The Morgan fingerprint density at radius 1 is 1.60 bits per heavy atom. The van der Waals surface area contributed by atoms with E-state index in [0.29, 0.717) is 18.3 Å². The third kappa shape index (κ3) is 2.73. The van der Waals surface area contributed by atoms with Gasteiger partial charge in [-0.25, -0.2) is 0 Å². The van der Waals surface area contributed by atoms with E-state index in [1.165, 1.54) is 0 Å². The molecule has 86 valence electrons. The largest absolute Gasteiger partial charge is 0.508 e. The van der Waals surface area contributed by atoms with Gasteiger partial charge in [0.2, 0.25) is 0 Å². The average molecular weight is 212 g/mol. The number of aliphatic hydroxyl groups is 1. The van der Waals surface area contributed by atoms with Gasteiger partial charge in [0.15, 0.2) is 0 Å². The second kappa shape index (κ2) is 5.19. The maximum atomic E-state index is 9.66. The average Bonchev–Trinajstić information content (AvgIpc) is 2.27. The maximum Gasteiger partial charge on any atom is 0.144 e. The topological polar surface area (TPSA) is 58.7 Å². The van der Waals surface area contributed by atoms with Gasteiger partial charge in [-0.05, 0) is 33.3 Å². The minimum absolute atomic E-state index is 0.277. The van der Waals surface area contributed by atoms with Gasteiger partial charge < -0.3 is 9.94 Å². The summed E-state index contributed by atoms with van der Waals surface area (Å²) in [4.78, 5) is 7.10. The molecular formula is C11H20N2O2. The molecule has 4 nitrogen and oxygen atoms in total. The van der Waals surface area contributed by atoms with E-state index in [0.717, 1.165) is 18.5 Å². The van der Waals surface area contributed by atoms with Gasteiger partial charge in [0, 0.05) is 18.2 Å². The molecule has 0 atom stereocenters. The first-order valence-corrected chi connectivity index (χ1v) is 5.28. The van der Waals surface area contributed by atoms with Crippen molar-refractivity contribution in [1.82, 2.24) is 4.90 Å². The number of nitrogens with two attached hydrogens (primary N) is 1. The molecule has 0 unspecified atom stereocenters. The monoisotopic (exact) mass is 212 g/mol. The first kappa shape index (κ1) is 12.1. The van der Waals surface area contributed by atoms with Crippen LogP contribution in [-0.2, 0) is 4.84 Å².